The zero-order valence-electron chi connectivity index (χ0n) is 8.75. The van der Waals surface area contributed by atoms with Gasteiger partial charge in [0, 0.05) is 16.3 Å². The van der Waals surface area contributed by atoms with Crippen molar-refractivity contribution in [2.75, 3.05) is 0 Å². The van der Waals surface area contributed by atoms with E-state index in [0.29, 0.717) is 0 Å². The highest BCUT2D eigenvalue weighted by Crippen LogP contribution is 2.26. The first-order chi connectivity index (χ1) is 7.19. The molecule has 0 spiro atoms. The minimum Gasteiger partial charge on any atom is -0.240 e. The number of hydrogen-bond acceptors (Lipinski definition) is 2. The van der Waals surface area contributed by atoms with E-state index >= 15 is 0 Å². The molecule has 78 valence electrons. The molecule has 0 aliphatic rings. The van der Waals surface area contributed by atoms with Crippen LogP contribution in [-0.4, -0.2) is 4.98 Å². The first-order valence-corrected chi connectivity index (χ1v) is 6.78. The van der Waals surface area contributed by atoms with Gasteiger partial charge in [-0.3, -0.25) is 0 Å². The lowest BCUT2D eigenvalue weighted by Crippen LogP contribution is -1.83. The van der Waals surface area contributed by atoms with Crippen LogP contribution in [0.25, 0.3) is 10.6 Å². The predicted octanol–water partition coefficient (Wildman–Crippen LogP) is 4.32. The number of thiazole rings is 1. The number of hydrogen-bond donors (Lipinski definition) is 0. The number of rotatable bonds is 2. The number of aromatic nitrogens is 1. The number of aryl methyl sites for hydroxylation is 2. The van der Waals surface area contributed by atoms with Gasteiger partial charge in [-0.25, -0.2) is 4.98 Å². The molecule has 1 nitrogen and oxygen atoms in total. The minimum absolute atomic E-state index is 0.828. The van der Waals surface area contributed by atoms with E-state index < -0.39 is 0 Å². The van der Waals surface area contributed by atoms with Crippen molar-refractivity contribution in [1.29, 1.82) is 0 Å². The van der Waals surface area contributed by atoms with Crippen molar-refractivity contribution in [3.8, 4) is 10.6 Å². The highest BCUT2D eigenvalue weighted by molar-refractivity contribution is 9.08. The van der Waals surface area contributed by atoms with Crippen LogP contribution in [0.5, 0.6) is 0 Å². The van der Waals surface area contributed by atoms with Crippen molar-refractivity contribution >= 4 is 27.3 Å². The van der Waals surface area contributed by atoms with Crippen molar-refractivity contribution in [2.24, 2.45) is 0 Å². The Kier molecular flexibility index (Phi) is 3.22. The number of alkyl halides is 1. The molecule has 1 aromatic carbocycles. The largest absolute Gasteiger partial charge is 0.240 e. The second-order valence-electron chi connectivity index (χ2n) is 3.65. The summed E-state index contributed by atoms with van der Waals surface area (Å²) in [5.74, 6) is 0. The van der Waals surface area contributed by atoms with Crippen LogP contribution in [0.3, 0.4) is 0 Å². The molecular formula is C12H12BrNS. The maximum atomic E-state index is 4.55. The van der Waals surface area contributed by atoms with Crippen molar-refractivity contribution < 1.29 is 0 Å². The highest BCUT2D eigenvalue weighted by atomic mass is 79.9. The zero-order chi connectivity index (χ0) is 10.8. The molecule has 0 aliphatic heterocycles. The maximum Gasteiger partial charge on any atom is 0.123 e. The third kappa shape index (κ3) is 2.47. The van der Waals surface area contributed by atoms with Crippen LogP contribution in [-0.2, 0) is 5.33 Å². The van der Waals surface area contributed by atoms with Gasteiger partial charge < -0.3 is 0 Å². The molecule has 1 heterocycles. The molecule has 0 saturated carbocycles. The Balaban J connectivity index is 2.44. The Bertz CT molecular complexity index is 456. The number of halogens is 1. The third-order valence-electron chi connectivity index (χ3n) is 2.16. The van der Waals surface area contributed by atoms with Gasteiger partial charge in [-0.2, -0.15) is 0 Å². The van der Waals surface area contributed by atoms with Gasteiger partial charge in [0.1, 0.15) is 5.01 Å². The maximum absolute atomic E-state index is 4.55. The van der Waals surface area contributed by atoms with Gasteiger partial charge in [0.05, 0.1) is 5.69 Å². The van der Waals surface area contributed by atoms with E-state index in [4.69, 9.17) is 0 Å². The molecule has 2 rings (SSSR count). The molecule has 3 heteroatoms. The molecule has 0 unspecified atom stereocenters. The molecular weight excluding hydrogens is 270 g/mol. The Hall–Kier alpha value is -0.670. The molecule has 0 atom stereocenters. The Morgan fingerprint density at radius 3 is 2.40 bits per heavy atom. The van der Waals surface area contributed by atoms with E-state index in [2.05, 4.69) is 58.3 Å². The summed E-state index contributed by atoms with van der Waals surface area (Å²) in [6.45, 7) is 4.24. The molecule has 0 N–H and O–H groups in total. The van der Waals surface area contributed by atoms with Crippen LogP contribution in [0.1, 0.15) is 16.8 Å². The van der Waals surface area contributed by atoms with Gasteiger partial charge in [0.25, 0.3) is 0 Å². The van der Waals surface area contributed by atoms with Crippen LogP contribution in [0.2, 0.25) is 0 Å². The van der Waals surface area contributed by atoms with Crippen molar-refractivity contribution in [1.82, 2.24) is 4.98 Å². The second kappa shape index (κ2) is 4.45. The lowest BCUT2D eigenvalue weighted by Gasteiger charge is -2.01. The van der Waals surface area contributed by atoms with E-state index in [1.165, 1.54) is 16.7 Å². The number of benzene rings is 1. The molecule has 1 aromatic heterocycles. The van der Waals surface area contributed by atoms with E-state index in [1.54, 1.807) is 11.3 Å². The smallest absolute Gasteiger partial charge is 0.123 e. The lowest BCUT2D eigenvalue weighted by molar-refractivity contribution is 1.24. The quantitative estimate of drug-likeness (QED) is 0.747. The molecule has 0 bridgehead atoms. The van der Waals surface area contributed by atoms with E-state index in [9.17, 15) is 0 Å². The molecule has 0 fully saturated rings. The summed E-state index contributed by atoms with van der Waals surface area (Å²) in [7, 11) is 0. The molecule has 0 aliphatic carbocycles. The summed E-state index contributed by atoms with van der Waals surface area (Å²) in [5, 5.41) is 4.03. The van der Waals surface area contributed by atoms with Gasteiger partial charge >= 0.3 is 0 Å². The first kappa shape index (κ1) is 10.8. The standard InChI is InChI=1S/C12H12BrNS/c1-8-3-9(2)5-10(4-8)12-14-11(6-13)7-15-12/h3-5,7H,6H2,1-2H3. The molecule has 0 amide bonds. The third-order valence-corrected chi connectivity index (χ3v) is 3.67. The topological polar surface area (TPSA) is 12.9 Å². The number of nitrogens with zero attached hydrogens (tertiary/aromatic N) is 1. The van der Waals surface area contributed by atoms with Crippen molar-refractivity contribution in [2.45, 2.75) is 19.2 Å². The second-order valence-corrected chi connectivity index (χ2v) is 5.07. The summed E-state index contributed by atoms with van der Waals surface area (Å²) in [4.78, 5) is 4.55. The molecule has 2 aromatic rings. The Morgan fingerprint density at radius 1 is 1.20 bits per heavy atom. The van der Waals surface area contributed by atoms with Gasteiger partial charge in [-0.1, -0.05) is 33.1 Å². The zero-order valence-corrected chi connectivity index (χ0v) is 11.2. The summed E-state index contributed by atoms with van der Waals surface area (Å²) in [5.41, 5.74) is 4.92. The van der Waals surface area contributed by atoms with E-state index in [0.717, 1.165) is 16.0 Å². The van der Waals surface area contributed by atoms with Crippen LogP contribution in [0.4, 0.5) is 0 Å². The Labute approximate surface area is 102 Å². The molecule has 15 heavy (non-hydrogen) atoms. The summed E-state index contributed by atoms with van der Waals surface area (Å²) < 4.78 is 0. The monoisotopic (exact) mass is 281 g/mol. The average Bonchev–Trinajstić information content (AvgIpc) is 2.64. The summed E-state index contributed by atoms with van der Waals surface area (Å²) in [6, 6.07) is 6.55. The fraction of sp³-hybridized carbons (Fsp3) is 0.250. The van der Waals surface area contributed by atoms with Gasteiger partial charge in [0.2, 0.25) is 0 Å². The van der Waals surface area contributed by atoms with Crippen LogP contribution >= 0.6 is 27.3 Å². The Morgan fingerprint density at radius 2 is 1.87 bits per heavy atom. The average molecular weight is 282 g/mol. The molecule has 0 radical (unpaired) electrons. The van der Waals surface area contributed by atoms with Crippen LogP contribution in [0, 0.1) is 13.8 Å². The van der Waals surface area contributed by atoms with Crippen molar-refractivity contribution in [3.63, 3.8) is 0 Å². The van der Waals surface area contributed by atoms with Crippen LogP contribution < -0.4 is 0 Å². The van der Waals surface area contributed by atoms with Gasteiger partial charge in [-0.05, 0) is 26.0 Å². The van der Waals surface area contributed by atoms with Crippen molar-refractivity contribution in [3.05, 3.63) is 40.4 Å². The fourth-order valence-electron chi connectivity index (χ4n) is 1.60. The fourth-order valence-corrected chi connectivity index (χ4v) is 2.91. The predicted molar refractivity (Wildman–Crippen MR) is 69.7 cm³/mol. The van der Waals surface area contributed by atoms with E-state index in [-0.39, 0.29) is 0 Å². The SMILES string of the molecule is Cc1cc(C)cc(-c2nc(CBr)cs2)c1. The normalized spacial score (nSPS) is 10.6. The lowest BCUT2D eigenvalue weighted by atomic mass is 10.1. The van der Waals surface area contributed by atoms with Gasteiger partial charge in [0.15, 0.2) is 0 Å². The highest BCUT2D eigenvalue weighted by Gasteiger charge is 2.04. The first-order valence-electron chi connectivity index (χ1n) is 4.78. The van der Waals surface area contributed by atoms with Crippen LogP contribution in [0.15, 0.2) is 23.6 Å². The molecule has 0 saturated heterocycles. The summed E-state index contributed by atoms with van der Waals surface area (Å²) >= 11 is 5.12. The summed E-state index contributed by atoms with van der Waals surface area (Å²) in [6.07, 6.45) is 0. The van der Waals surface area contributed by atoms with Gasteiger partial charge in [-0.15, -0.1) is 11.3 Å². The minimum atomic E-state index is 0.828. The van der Waals surface area contributed by atoms with E-state index in [1.807, 2.05) is 0 Å².